The van der Waals surface area contributed by atoms with E-state index in [-0.39, 0.29) is 0 Å². The number of fused-ring (bicyclic) bond motifs is 5. The van der Waals surface area contributed by atoms with Gasteiger partial charge in [0.2, 0.25) is 0 Å². The molecule has 3 saturated carbocycles. The van der Waals surface area contributed by atoms with Crippen LogP contribution in [0.15, 0.2) is 11.6 Å². The first-order chi connectivity index (χ1) is 13.8. The van der Waals surface area contributed by atoms with Crippen LogP contribution in [0, 0.1) is 46.3 Å². The Labute approximate surface area is 181 Å². The molecule has 0 saturated heterocycles. The molecule has 4 aliphatic rings. The standard InChI is InChI=1S/C28H48O/c1-19(2)8-7-9-20(3)24-12-13-25-23-11-10-21-18-22(29-6)14-16-27(21,4)26(23)15-17-28(24,25)5/h10,19-20,22-26H,7-9,11-18H2,1-6H3/t20?,22-,23-,24?,25-,26-,27-,28?/m0/s1. The van der Waals surface area contributed by atoms with E-state index >= 15 is 0 Å². The highest BCUT2D eigenvalue weighted by Gasteiger charge is 2.59. The summed E-state index contributed by atoms with van der Waals surface area (Å²) in [5, 5.41) is 0. The minimum absolute atomic E-state index is 0.472. The van der Waals surface area contributed by atoms with Gasteiger partial charge in [-0.3, -0.25) is 0 Å². The van der Waals surface area contributed by atoms with Crippen molar-refractivity contribution in [2.45, 2.75) is 111 Å². The third-order valence-corrected chi connectivity index (χ3v) is 10.6. The number of hydrogen-bond acceptors (Lipinski definition) is 1. The van der Waals surface area contributed by atoms with Gasteiger partial charge in [-0.2, -0.15) is 0 Å². The van der Waals surface area contributed by atoms with E-state index in [2.05, 4.69) is 40.7 Å². The second-order valence-electron chi connectivity index (χ2n) is 12.4. The number of hydrogen-bond donors (Lipinski definition) is 0. The Balaban J connectivity index is 1.48. The van der Waals surface area contributed by atoms with Crippen molar-refractivity contribution < 1.29 is 4.74 Å². The summed E-state index contributed by atoms with van der Waals surface area (Å²) in [4.78, 5) is 0. The van der Waals surface area contributed by atoms with E-state index < -0.39 is 0 Å². The van der Waals surface area contributed by atoms with E-state index in [0.29, 0.717) is 16.9 Å². The minimum Gasteiger partial charge on any atom is -0.381 e. The summed E-state index contributed by atoms with van der Waals surface area (Å²) in [6, 6.07) is 0. The Hall–Kier alpha value is -0.300. The normalized spacial score (nSPS) is 45.3. The molecule has 4 aliphatic carbocycles. The van der Waals surface area contributed by atoms with Gasteiger partial charge in [0.1, 0.15) is 0 Å². The van der Waals surface area contributed by atoms with Crippen LogP contribution in [0.3, 0.4) is 0 Å². The van der Waals surface area contributed by atoms with Crippen LogP contribution in [0.25, 0.3) is 0 Å². The fraction of sp³-hybridized carbons (Fsp3) is 0.929. The molecule has 0 heterocycles. The molecule has 1 nitrogen and oxygen atoms in total. The molecular formula is C28H48O. The molecule has 0 aromatic rings. The molecule has 0 aromatic carbocycles. The zero-order chi connectivity index (χ0) is 20.8. The lowest BCUT2D eigenvalue weighted by Gasteiger charge is -2.58. The van der Waals surface area contributed by atoms with Crippen molar-refractivity contribution >= 4 is 0 Å². The van der Waals surface area contributed by atoms with Gasteiger partial charge in [-0.15, -0.1) is 0 Å². The summed E-state index contributed by atoms with van der Waals surface area (Å²) in [6.07, 6.45) is 18.7. The molecule has 0 amide bonds. The molecule has 0 aliphatic heterocycles. The average Bonchev–Trinajstić information content (AvgIpc) is 3.04. The third kappa shape index (κ3) is 3.77. The molecule has 3 unspecified atom stereocenters. The second-order valence-corrected chi connectivity index (χ2v) is 12.4. The summed E-state index contributed by atoms with van der Waals surface area (Å²) in [5.41, 5.74) is 2.85. The summed E-state index contributed by atoms with van der Waals surface area (Å²) >= 11 is 0. The maximum atomic E-state index is 5.75. The Morgan fingerprint density at radius 2 is 1.79 bits per heavy atom. The van der Waals surface area contributed by atoms with E-state index in [4.69, 9.17) is 4.74 Å². The van der Waals surface area contributed by atoms with Crippen LogP contribution in [0.5, 0.6) is 0 Å². The van der Waals surface area contributed by atoms with Crippen molar-refractivity contribution in [1.29, 1.82) is 0 Å². The molecule has 166 valence electrons. The van der Waals surface area contributed by atoms with Crippen LogP contribution in [-0.4, -0.2) is 13.2 Å². The number of allylic oxidation sites excluding steroid dienone is 1. The Morgan fingerprint density at radius 1 is 1.00 bits per heavy atom. The van der Waals surface area contributed by atoms with Crippen molar-refractivity contribution in [3.63, 3.8) is 0 Å². The van der Waals surface area contributed by atoms with E-state index in [0.717, 1.165) is 35.5 Å². The molecule has 29 heavy (non-hydrogen) atoms. The summed E-state index contributed by atoms with van der Waals surface area (Å²) in [7, 11) is 1.91. The minimum atomic E-state index is 0.472. The van der Waals surface area contributed by atoms with Gasteiger partial charge < -0.3 is 4.74 Å². The molecule has 0 aromatic heterocycles. The SMILES string of the molecule is CO[C@H]1CC[C@@]2(C)C(=CC[C@H]3[C@@H]4CCC(C(C)CCCC(C)C)C4(C)CC[C@@H]32)C1. The second kappa shape index (κ2) is 8.33. The van der Waals surface area contributed by atoms with Crippen LogP contribution >= 0.6 is 0 Å². The first kappa shape index (κ1) is 21.9. The highest BCUT2D eigenvalue weighted by Crippen LogP contribution is 2.67. The average molecular weight is 401 g/mol. The van der Waals surface area contributed by atoms with Gasteiger partial charge in [0.15, 0.2) is 0 Å². The molecule has 1 heteroatoms. The molecule has 8 atom stereocenters. The zero-order valence-corrected chi connectivity index (χ0v) is 20.3. The smallest absolute Gasteiger partial charge is 0.0608 e. The Morgan fingerprint density at radius 3 is 2.52 bits per heavy atom. The van der Waals surface area contributed by atoms with Crippen molar-refractivity contribution in [1.82, 2.24) is 0 Å². The van der Waals surface area contributed by atoms with E-state index in [1.165, 1.54) is 70.6 Å². The summed E-state index contributed by atoms with van der Waals surface area (Å²) in [6.45, 7) is 12.7. The Bertz CT molecular complexity index is 605. The van der Waals surface area contributed by atoms with Gasteiger partial charge in [0, 0.05) is 7.11 Å². The fourth-order valence-corrected chi connectivity index (χ4v) is 8.85. The molecule has 0 spiro atoms. The van der Waals surface area contributed by atoms with Gasteiger partial charge in [-0.05, 0) is 97.7 Å². The van der Waals surface area contributed by atoms with Crippen molar-refractivity contribution in [3.05, 3.63) is 11.6 Å². The van der Waals surface area contributed by atoms with Crippen molar-refractivity contribution in [2.24, 2.45) is 46.3 Å². The van der Waals surface area contributed by atoms with Gasteiger partial charge in [-0.25, -0.2) is 0 Å². The maximum absolute atomic E-state index is 5.75. The molecule has 4 rings (SSSR count). The summed E-state index contributed by atoms with van der Waals surface area (Å²) < 4.78 is 5.75. The van der Waals surface area contributed by atoms with Crippen LogP contribution in [0.1, 0.15) is 105 Å². The summed E-state index contributed by atoms with van der Waals surface area (Å²) in [5.74, 6) is 5.63. The van der Waals surface area contributed by atoms with Crippen LogP contribution in [-0.2, 0) is 4.74 Å². The quantitative estimate of drug-likeness (QED) is 0.410. The van der Waals surface area contributed by atoms with E-state index in [1.807, 2.05) is 7.11 Å². The molecule has 0 N–H and O–H groups in total. The lowest BCUT2D eigenvalue weighted by Crippen LogP contribution is -2.50. The van der Waals surface area contributed by atoms with E-state index in [9.17, 15) is 0 Å². The zero-order valence-electron chi connectivity index (χ0n) is 20.3. The monoisotopic (exact) mass is 400 g/mol. The fourth-order valence-electron chi connectivity index (χ4n) is 8.85. The number of methoxy groups -OCH3 is 1. The largest absolute Gasteiger partial charge is 0.381 e. The Kier molecular flexibility index (Phi) is 6.29. The predicted molar refractivity (Wildman–Crippen MR) is 124 cm³/mol. The van der Waals surface area contributed by atoms with Gasteiger partial charge in [0.05, 0.1) is 6.10 Å². The highest BCUT2D eigenvalue weighted by atomic mass is 16.5. The lowest BCUT2D eigenvalue weighted by molar-refractivity contribution is -0.0601. The third-order valence-electron chi connectivity index (χ3n) is 10.6. The van der Waals surface area contributed by atoms with Gasteiger partial charge in [0.25, 0.3) is 0 Å². The van der Waals surface area contributed by atoms with E-state index in [1.54, 1.807) is 5.57 Å². The van der Waals surface area contributed by atoms with Crippen molar-refractivity contribution in [2.75, 3.05) is 7.11 Å². The number of rotatable bonds is 6. The topological polar surface area (TPSA) is 9.23 Å². The van der Waals surface area contributed by atoms with Crippen LogP contribution in [0.2, 0.25) is 0 Å². The van der Waals surface area contributed by atoms with Crippen LogP contribution in [0.4, 0.5) is 0 Å². The first-order valence-corrected chi connectivity index (χ1v) is 13.0. The highest BCUT2D eigenvalue weighted by molar-refractivity contribution is 5.25. The van der Waals surface area contributed by atoms with Gasteiger partial charge >= 0.3 is 0 Å². The predicted octanol–water partition coefficient (Wildman–Crippen LogP) is 8.04. The number of ether oxygens (including phenoxy) is 1. The van der Waals surface area contributed by atoms with Crippen molar-refractivity contribution in [3.8, 4) is 0 Å². The molecular weight excluding hydrogens is 352 g/mol. The maximum Gasteiger partial charge on any atom is 0.0608 e. The van der Waals surface area contributed by atoms with Crippen LogP contribution < -0.4 is 0 Å². The van der Waals surface area contributed by atoms with Gasteiger partial charge in [-0.1, -0.05) is 65.5 Å². The first-order valence-electron chi connectivity index (χ1n) is 13.0. The lowest BCUT2D eigenvalue weighted by atomic mass is 9.47. The molecule has 3 fully saturated rings. The molecule has 0 bridgehead atoms. The molecule has 0 radical (unpaired) electrons.